The number of aliphatic hydroxyl groups is 1. The minimum atomic E-state index is -1.49. The fourth-order valence-electron chi connectivity index (χ4n) is 8.05. The number of likely N-dealkylation sites (N-methyl/N-ethyl adjacent to an activating group) is 2. The first-order valence-corrected chi connectivity index (χ1v) is 17.9. The number of cyclic esters (lactones) is 1. The molecule has 1 aromatic rings. The van der Waals surface area contributed by atoms with Crippen molar-refractivity contribution in [2.45, 2.75) is 109 Å². The quantitative estimate of drug-likeness (QED) is 0.351. The normalized spacial score (nSPS) is 35.0. The fourth-order valence-corrected chi connectivity index (χ4v) is 8.17. The molecule has 1 amide bonds. The zero-order valence-electron chi connectivity index (χ0n) is 31.0. The predicted molar refractivity (Wildman–Crippen MR) is 187 cm³/mol. The molecular weight excluding hydrogens is 650 g/mol. The number of hydrogen-bond donors (Lipinski definition) is 1. The van der Waals surface area contributed by atoms with Gasteiger partial charge in [-0.2, -0.15) is 0 Å². The topological polar surface area (TPSA) is 118 Å². The molecule has 0 aliphatic carbocycles. The van der Waals surface area contributed by atoms with E-state index < -0.39 is 46.9 Å². The van der Waals surface area contributed by atoms with Crippen LogP contribution >= 0.6 is 11.6 Å². The molecule has 1 spiro atoms. The Kier molecular flexibility index (Phi) is 12.7. The zero-order chi connectivity index (χ0) is 36.5. The highest BCUT2D eigenvalue weighted by atomic mass is 35.5. The summed E-state index contributed by atoms with van der Waals surface area (Å²) < 4.78 is 25.1. The van der Waals surface area contributed by atoms with Gasteiger partial charge in [-0.1, -0.05) is 25.4 Å². The Morgan fingerprint density at radius 1 is 1.06 bits per heavy atom. The maximum atomic E-state index is 14.3. The van der Waals surface area contributed by atoms with E-state index in [4.69, 9.17) is 30.5 Å². The van der Waals surface area contributed by atoms with Crippen LogP contribution in [0.4, 0.5) is 0 Å². The van der Waals surface area contributed by atoms with Crippen molar-refractivity contribution in [2.24, 2.45) is 17.3 Å². The second-order valence-electron chi connectivity index (χ2n) is 15.7. The van der Waals surface area contributed by atoms with Crippen LogP contribution < -0.4 is 0 Å². The molecular formula is C37H58ClN3O8. The average Bonchev–Trinajstić information content (AvgIpc) is 3.06. The molecule has 11 nitrogen and oxygen atoms in total. The number of carbonyl (C=O) groups excluding carboxylic acids is 3. The standard InChI is InChI=1S/C37H58ClN3O8/c1-23-20-36(6,46-10)31(49-33-29(42)28(39(7)8)19-24(2)48-33)25(3)30(43)35(4,5)34(45)47-22-37(40(9)21-23)15-17-41(18-16-37)32(44)26-11-13-27(38)14-12-26/h11-14,23-25,28-29,31,33,42H,15-22H2,1-10H3/t23-,24-,25+,28+,29-,31-,33+,36-/m1/s1. The van der Waals surface area contributed by atoms with Crippen LogP contribution in [0.25, 0.3) is 0 Å². The molecule has 4 rings (SSSR count). The smallest absolute Gasteiger partial charge is 0.319 e. The number of hydrogen-bond acceptors (Lipinski definition) is 10. The van der Waals surface area contributed by atoms with E-state index in [0.29, 0.717) is 55.9 Å². The lowest BCUT2D eigenvalue weighted by molar-refractivity contribution is -0.295. The molecule has 0 bridgehead atoms. The van der Waals surface area contributed by atoms with Crippen molar-refractivity contribution in [1.29, 1.82) is 0 Å². The minimum absolute atomic E-state index is 0.0593. The van der Waals surface area contributed by atoms with E-state index in [2.05, 4.69) is 11.8 Å². The number of methoxy groups -OCH3 is 1. The molecule has 12 heteroatoms. The van der Waals surface area contributed by atoms with Crippen LogP contribution in [0.5, 0.6) is 0 Å². The van der Waals surface area contributed by atoms with Crippen LogP contribution in [0.3, 0.4) is 0 Å². The molecule has 1 N–H and O–H groups in total. The van der Waals surface area contributed by atoms with Gasteiger partial charge >= 0.3 is 5.97 Å². The van der Waals surface area contributed by atoms with Crippen molar-refractivity contribution in [1.82, 2.24) is 14.7 Å². The van der Waals surface area contributed by atoms with Crippen molar-refractivity contribution < 1.29 is 38.4 Å². The largest absolute Gasteiger partial charge is 0.463 e. The minimum Gasteiger partial charge on any atom is -0.463 e. The third-order valence-electron chi connectivity index (χ3n) is 11.3. The summed E-state index contributed by atoms with van der Waals surface area (Å²) in [6.07, 6.45) is -0.667. The van der Waals surface area contributed by atoms with Gasteiger partial charge in [-0.3, -0.25) is 19.3 Å². The van der Waals surface area contributed by atoms with Crippen LogP contribution in [0.1, 0.15) is 77.6 Å². The van der Waals surface area contributed by atoms with Gasteiger partial charge in [0.15, 0.2) is 12.1 Å². The van der Waals surface area contributed by atoms with Gasteiger partial charge in [0, 0.05) is 49.3 Å². The van der Waals surface area contributed by atoms with Gasteiger partial charge < -0.3 is 33.9 Å². The number of nitrogens with zero attached hydrogens (tertiary/aromatic N) is 3. The predicted octanol–water partition coefficient (Wildman–Crippen LogP) is 4.28. The average molecular weight is 708 g/mol. The summed E-state index contributed by atoms with van der Waals surface area (Å²) in [5, 5.41) is 11.9. The lowest BCUT2D eigenvalue weighted by Crippen LogP contribution is -2.59. The molecule has 276 valence electrons. The van der Waals surface area contributed by atoms with E-state index in [-0.39, 0.29) is 36.4 Å². The third-order valence-corrected chi connectivity index (χ3v) is 11.6. The Morgan fingerprint density at radius 2 is 1.67 bits per heavy atom. The number of benzene rings is 1. The summed E-state index contributed by atoms with van der Waals surface area (Å²) in [5.41, 5.74) is -2.45. The summed E-state index contributed by atoms with van der Waals surface area (Å²) in [6.45, 7) is 12.7. The summed E-state index contributed by atoms with van der Waals surface area (Å²) in [7, 11) is 7.47. The maximum Gasteiger partial charge on any atom is 0.319 e. The van der Waals surface area contributed by atoms with Crippen LogP contribution in [-0.4, -0.2) is 134 Å². The Labute approximate surface area is 297 Å². The van der Waals surface area contributed by atoms with Gasteiger partial charge in [0.2, 0.25) is 0 Å². The summed E-state index contributed by atoms with van der Waals surface area (Å²) >= 11 is 6.04. The molecule has 49 heavy (non-hydrogen) atoms. The SMILES string of the molecule is CO[C@]1(C)C[C@@H](C)CN(C)C2(CCN(C(=O)c3ccc(Cl)cc3)CC2)COC(=O)C(C)(C)C(=O)[C@H](C)[C@H]1O[C@@H]1O[C@H](C)C[C@H](N(C)C)[C@H]1O. The number of rotatable bonds is 5. The van der Waals surface area contributed by atoms with E-state index in [1.54, 1.807) is 52.1 Å². The van der Waals surface area contributed by atoms with Gasteiger partial charge in [-0.05, 0) is 105 Å². The van der Waals surface area contributed by atoms with Crippen molar-refractivity contribution >= 4 is 29.3 Å². The first-order valence-electron chi connectivity index (χ1n) is 17.5. The number of Topliss-reactive ketones (excluding diaryl/α,β-unsaturated/α-hetero) is 1. The monoisotopic (exact) mass is 707 g/mol. The molecule has 0 saturated carbocycles. The number of halogens is 1. The first-order chi connectivity index (χ1) is 22.8. The zero-order valence-corrected chi connectivity index (χ0v) is 31.8. The van der Waals surface area contributed by atoms with E-state index in [0.717, 1.165) is 0 Å². The highest BCUT2D eigenvalue weighted by molar-refractivity contribution is 6.30. The second-order valence-corrected chi connectivity index (χ2v) is 16.1. The molecule has 0 aromatic heterocycles. The molecule has 3 saturated heterocycles. The third kappa shape index (κ3) is 8.51. The van der Waals surface area contributed by atoms with Gasteiger partial charge in [0.1, 0.15) is 18.1 Å². The van der Waals surface area contributed by atoms with E-state index in [9.17, 15) is 19.5 Å². The second kappa shape index (κ2) is 15.6. The Morgan fingerprint density at radius 3 is 2.24 bits per heavy atom. The van der Waals surface area contributed by atoms with Crippen molar-refractivity contribution in [2.75, 3.05) is 54.5 Å². The molecule has 1 aromatic carbocycles. The Hall–Kier alpha value is -2.12. The van der Waals surface area contributed by atoms with Crippen LogP contribution in [-0.2, 0) is 28.5 Å². The fraction of sp³-hybridized carbons (Fsp3) is 0.757. The molecule has 3 heterocycles. The van der Waals surface area contributed by atoms with Gasteiger partial charge in [-0.25, -0.2) is 0 Å². The molecule has 3 fully saturated rings. The number of esters is 1. The number of ketones is 1. The first kappa shape index (κ1) is 39.7. The van der Waals surface area contributed by atoms with E-state index in [1.807, 2.05) is 44.8 Å². The highest BCUT2D eigenvalue weighted by Crippen LogP contribution is 2.40. The van der Waals surface area contributed by atoms with Gasteiger partial charge in [0.05, 0.1) is 23.3 Å². The Bertz CT molecular complexity index is 1320. The molecule has 3 aliphatic heterocycles. The summed E-state index contributed by atoms with van der Waals surface area (Å²) in [4.78, 5) is 47.5. The number of amides is 1. The lowest BCUT2D eigenvalue weighted by atomic mass is 9.74. The van der Waals surface area contributed by atoms with Crippen LogP contribution in [0, 0.1) is 17.3 Å². The van der Waals surface area contributed by atoms with E-state index in [1.165, 1.54) is 0 Å². The van der Waals surface area contributed by atoms with Gasteiger partial charge in [-0.15, -0.1) is 0 Å². The van der Waals surface area contributed by atoms with Crippen molar-refractivity contribution in [3.63, 3.8) is 0 Å². The van der Waals surface area contributed by atoms with Crippen molar-refractivity contribution in [3.8, 4) is 0 Å². The number of ether oxygens (including phenoxy) is 4. The highest BCUT2D eigenvalue weighted by Gasteiger charge is 2.52. The molecule has 8 atom stereocenters. The summed E-state index contributed by atoms with van der Waals surface area (Å²) in [6, 6.07) is 6.68. The molecule has 0 radical (unpaired) electrons. The molecule has 0 unspecified atom stereocenters. The number of carbonyl (C=O) groups is 3. The Balaban J connectivity index is 1.63. The lowest BCUT2D eigenvalue weighted by Gasteiger charge is -2.48. The number of aliphatic hydroxyl groups excluding tert-OH is 1. The van der Waals surface area contributed by atoms with E-state index >= 15 is 0 Å². The van der Waals surface area contributed by atoms with Crippen LogP contribution in [0.2, 0.25) is 5.02 Å². The number of likely N-dealkylation sites (tertiary alicyclic amines) is 1. The van der Waals surface area contributed by atoms with Crippen LogP contribution in [0.15, 0.2) is 24.3 Å². The number of piperidine rings is 1. The van der Waals surface area contributed by atoms with Gasteiger partial charge in [0.25, 0.3) is 5.91 Å². The molecule has 3 aliphatic rings. The maximum absolute atomic E-state index is 14.3. The summed E-state index contributed by atoms with van der Waals surface area (Å²) in [5.74, 6) is -1.77. The van der Waals surface area contributed by atoms with Crippen molar-refractivity contribution in [3.05, 3.63) is 34.9 Å².